The Morgan fingerprint density at radius 1 is 1.06 bits per heavy atom. The third-order valence-electron chi connectivity index (χ3n) is 2.54. The van der Waals surface area contributed by atoms with Crippen LogP contribution in [-0.2, 0) is 0 Å². The van der Waals surface area contributed by atoms with Crippen molar-refractivity contribution in [3.63, 3.8) is 0 Å². The highest BCUT2D eigenvalue weighted by molar-refractivity contribution is 5.64. The van der Waals surface area contributed by atoms with Gasteiger partial charge in [0.2, 0.25) is 5.95 Å². The molecule has 0 saturated heterocycles. The Morgan fingerprint density at radius 2 is 1.82 bits per heavy atom. The zero-order valence-electron chi connectivity index (χ0n) is 8.91. The van der Waals surface area contributed by atoms with E-state index in [2.05, 4.69) is 10.1 Å². The summed E-state index contributed by atoms with van der Waals surface area (Å²) in [5.74, 6) is 0.482. The fraction of sp³-hybridized carbons (Fsp3) is 0. The lowest BCUT2D eigenvalue weighted by molar-refractivity contribution is 0.475. The third-order valence-corrected chi connectivity index (χ3v) is 2.54. The van der Waals surface area contributed by atoms with Crippen LogP contribution in [0.2, 0.25) is 0 Å². The van der Waals surface area contributed by atoms with E-state index in [0.717, 1.165) is 11.3 Å². The fourth-order valence-electron chi connectivity index (χ4n) is 1.77. The summed E-state index contributed by atoms with van der Waals surface area (Å²) in [5, 5.41) is 13.4. The first-order valence-corrected chi connectivity index (χ1v) is 5.15. The average Bonchev–Trinajstić information content (AvgIpc) is 2.70. The number of hydrogen-bond acceptors (Lipinski definition) is 4. The van der Waals surface area contributed by atoms with E-state index in [-0.39, 0.29) is 11.7 Å². The van der Waals surface area contributed by atoms with Gasteiger partial charge in [-0.2, -0.15) is 4.98 Å². The van der Waals surface area contributed by atoms with Crippen LogP contribution >= 0.6 is 0 Å². The molecular weight excluding hydrogens is 216 g/mol. The summed E-state index contributed by atoms with van der Waals surface area (Å²) in [4.78, 5) is 4.10. The van der Waals surface area contributed by atoms with Gasteiger partial charge in [0.25, 0.3) is 0 Å². The van der Waals surface area contributed by atoms with Crippen LogP contribution in [0.25, 0.3) is 16.9 Å². The minimum Gasteiger partial charge on any atom is -0.508 e. The number of pyridine rings is 1. The lowest BCUT2D eigenvalue weighted by Crippen LogP contribution is -1.94. The number of aromatic nitrogens is 3. The number of nitrogens with zero attached hydrogens (tertiary/aromatic N) is 3. The third kappa shape index (κ3) is 1.57. The molecule has 0 spiro atoms. The predicted molar refractivity (Wildman–Crippen MR) is 64.5 cm³/mol. The number of benzene rings is 1. The van der Waals surface area contributed by atoms with E-state index in [1.165, 1.54) is 0 Å². The van der Waals surface area contributed by atoms with Gasteiger partial charge in [-0.25, -0.2) is 4.52 Å². The first-order chi connectivity index (χ1) is 8.24. The molecule has 1 aromatic carbocycles. The van der Waals surface area contributed by atoms with E-state index in [1.54, 1.807) is 16.6 Å². The Labute approximate surface area is 97.1 Å². The predicted octanol–water partition coefficient (Wildman–Crippen LogP) is 1.68. The van der Waals surface area contributed by atoms with Gasteiger partial charge in [-0.3, -0.25) is 0 Å². The number of nitrogen functional groups attached to an aromatic ring is 1. The minimum absolute atomic E-state index is 0.235. The Balaban J connectivity index is 2.26. The molecule has 0 bridgehead atoms. The smallest absolute Gasteiger partial charge is 0.240 e. The van der Waals surface area contributed by atoms with E-state index in [9.17, 15) is 5.11 Å². The number of aromatic hydroxyl groups is 1. The minimum atomic E-state index is 0.235. The van der Waals surface area contributed by atoms with Crippen molar-refractivity contribution in [1.29, 1.82) is 0 Å². The van der Waals surface area contributed by atoms with Gasteiger partial charge in [0.05, 0.1) is 5.69 Å². The SMILES string of the molecule is Nc1nc2cccc(-c3ccc(O)cc3)n2n1. The summed E-state index contributed by atoms with van der Waals surface area (Å²) in [6, 6.07) is 12.6. The molecule has 17 heavy (non-hydrogen) atoms. The molecule has 5 heteroatoms. The van der Waals surface area contributed by atoms with Gasteiger partial charge in [-0.15, -0.1) is 5.10 Å². The summed E-state index contributed by atoms with van der Waals surface area (Å²) in [6.45, 7) is 0. The van der Waals surface area contributed by atoms with Crippen LogP contribution in [0.4, 0.5) is 5.95 Å². The van der Waals surface area contributed by atoms with Crippen molar-refractivity contribution < 1.29 is 5.11 Å². The van der Waals surface area contributed by atoms with E-state index < -0.39 is 0 Å². The maximum atomic E-state index is 9.27. The highest BCUT2D eigenvalue weighted by atomic mass is 16.3. The molecule has 2 heterocycles. The zero-order chi connectivity index (χ0) is 11.8. The van der Waals surface area contributed by atoms with Gasteiger partial charge in [0.1, 0.15) is 5.75 Å². The van der Waals surface area contributed by atoms with Crippen molar-refractivity contribution in [2.75, 3.05) is 5.73 Å². The van der Waals surface area contributed by atoms with E-state index >= 15 is 0 Å². The molecule has 0 aliphatic rings. The molecule has 0 fully saturated rings. The van der Waals surface area contributed by atoms with Gasteiger partial charge in [-0.1, -0.05) is 6.07 Å². The Kier molecular flexibility index (Phi) is 1.98. The van der Waals surface area contributed by atoms with Crippen LogP contribution in [0.1, 0.15) is 0 Å². The largest absolute Gasteiger partial charge is 0.508 e. The standard InChI is InChI=1S/C12H10N4O/c13-12-14-11-3-1-2-10(16(11)15-12)8-4-6-9(17)7-5-8/h1-7,17H,(H2,13,15). The molecule has 0 atom stereocenters. The normalized spacial score (nSPS) is 10.8. The second-order valence-electron chi connectivity index (χ2n) is 3.70. The first kappa shape index (κ1) is 9.65. The molecule has 0 amide bonds. The van der Waals surface area contributed by atoms with E-state index in [0.29, 0.717) is 5.65 Å². The quantitative estimate of drug-likeness (QED) is 0.662. The monoisotopic (exact) mass is 226 g/mol. The van der Waals surface area contributed by atoms with Crippen molar-refractivity contribution in [3.8, 4) is 17.0 Å². The summed E-state index contributed by atoms with van der Waals surface area (Å²) < 4.78 is 1.68. The fourth-order valence-corrected chi connectivity index (χ4v) is 1.77. The van der Waals surface area contributed by atoms with Gasteiger partial charge < -0.3 is 10.8 Å². The van der Waals surface area contributed by atoms with Crippen LogP contribution in [0, 0.1) is 0 Å². The van der Waals surface area contributed by atoms with Crippen molar-refractivity contribution in [2.45, 2.75) is 0 Å². The second-order valence-corrected chi connectivity index (χ2v) is 3.70. The van der Waals surface area contributed by atoms with Gasteiger partial charge >= 0.3 is 0 Å². The molecule has 0 unspecified atom stereocenters. The van der Waals surface area contributed by atoms with Gasteiger partial charge in [0, 0.05) is 5.56 Å². The van der Waals surface area contributed by atoms with Crippen LogP contribution in [-0.4, -0.2) is 19.7 Å². The molecule has 5 nitrogen and oxygen atoms in total. The number of phenolic OH excluding ortho intramolecular Hbond substituents is 1. The number of nitrogens with two attached hydrogens (primary N) is 1. The van der Waals surface area contributed by atoms with Crippen LogP contribution < -0.4 is 5.73 Å². The first-order valence-electron chi connectivity index (χ1n) is 5.15. The van der Waals surface area contributed by atoms with Gasteiger partial charge in [-0.05, 0) is 36.4 Å². The molecule has 3 N–H and O–H groups in total. The Hall–Kier alpha value is -2.56. The topological polar surface area (TPSA) is 76.4 Å². The number of fused-ring (bicyclic) bond motifs is 1. The summed E-state index contributed by atoms with van der Waals surface area (Å²) in [6.07, 6.45) is 0. The van der Waals surface area contributed by atoms with E-state index in [1.807, 2.05) is 30.3 Å². The van der Waals surface area contributed by atoms with Crippen LogP contribution in [0.15, 0.2) is 42.5 Å². The maximum absolute atomic E-state index is 9.27. The molecule has 0 radical (unpaired) electrons. The maximum Gasteiger partial charge on any atom is 0.240 e. The van der Waals surface area contributed by atoms with Crippen LogP contribution in [0.5, 0.6) is 5.75 Å². The average molecular weight is 226 g/mol. The molecule has 2 aromatic heterocycles. The van der Waals surface area contributed by atoms with Gasteiger partial charge in [0.15, 0.2) is 5.65 Å². The number of rotatable bonds is 1. The highest BCUT2D eigenvalue weighted by Gasteiger charge is 2.06. The summed E-state index contributed by atoms with van der Waals surface area (Å²) in [7, 11) is 0. The number of phenols is 1. The van der Waals surface area contributed by atoms with Crippen LogP contribution in [0.3, 0.4) is 0 Å². The Bertz CT molecular complexity index is 673. The second kappa shape index (κ2) is 3.48. The van der Waals surface area contributed by atoms with Crippen molar-refractivity contribution >= 4 is 11.6 Å². The number of anilines is 1. The van der Waals surface area contributed by atoms with Crippen molar-refractivity contribution in [1.82, 2.24) is 14.6 Å². The zero-order valence-corrected chi connectivity index (χ0v) is 8.91. The lowest BCUT2D eigenvalue weighted by atomic mass is 10.1. The van der Waals surface area contributed by atoms with Crippen molar-refractivity contribution in [2.24, 2.45) is 0 Å². The summed E-state index contributed by atoms with van der Waals surface area (Å²) >= 11 is 0. The molecule has 0 aliphatic carbocycles. The number of hydrogen-bond donors (Lipinski definition) is 2. The Morgan fingerprint density at radius 3 is 2.59 bits per heavy atom. The molecule has 0 aliphatic heterocycles. The lowest BCUT2D eigenvalue weighted by Gasteiger charge is -2.03. The molecule has 3 rings (SSSR count). The van der Waals surface area contributed by atoms with Crippen molar-refractivity contribution in [3.05, 3.63) is 42.5 Å². The molecule has 3 aromatic rings. The summed E-state index contributed by atoms with van der Waals surface area (Å²) in [5.41, 5.74) is 8.10. The highest BCUT2D eigenvalue weighted by Crippen LogP contribution is 2.22. The molecule has 84 valence electrons. The molecule has 0 saturated carbocycles. The molecular formula is C12H10N4O. The van der Waals surface area contributed by atoms with E-state index in [4.69, 9.17) is 5.73 Å².